The second kappa shape index (κ2) is 9.81. The van der Waals surface area contributed by atoms with E-state index in [0.29, 0.717) is 0 Å². The Hall–Kier alpha value is -1.98. The Morgan fingerprint density at radius 2 is 1.33 bits per heavy atom. The second-order valence-corrected chi connectivity index (χ2v) is 6.74. The van der Waals surface area contributed by atoms with Gasteiger partial charge in [-0.2, -0.15) is 0 Å². The highest BCUT2D eigenvalue weighted by Crippen LogP contribution is 2.44. The van der Waals surface area contributed by atoms with E-state index in [-0.39, 0.29) is 5.91 Å². The van der Waals surface area contributed by atoms with E-state index in [0.717, 1.165) is 11.3 Å². The molecule has 1 heterocycles. The van der Waals surface area contributed by atoms with Crippen LogP contribution in [0, 0.1) is 0 Å². The number of benzene rings is 2. The van der Waals surface area contributed by atoms with E-state index >= 15 is 0 Å². The molecule has 5 heteroatoms. The first-order chi connectivity index (χ1) is 12.9. The monoisotopic (exact) mass is 388 g/mol. The van der Waals surface area contributed by atoms with E-state index in [1.54, 1.807) is 23.9 Å². The molecular weight excluding hydrogens is 356 g/mol. The predicted molar refractivity (Wildman–Crippen MR) is 117 cm³/mol. The smallest absolute Gasteiger partial charge is 0.281 e. The number of hydrogen-bond acceptors (Lipinski definition) is 4. The lowest BCUT2D eigenvalue weighted by molar-refractivity contribution is -0.136. The summed E-state index contributed by atoms with van der Waals surface area (Å²) in [5, 5.41) is 2.29. The van der Waals surface area contributed by atoms with Gasteiger partial charge in [0.2, 0.25) is 5.06 Å². The number of carbonyl (C=O) groups is 1. The Morgan fingerprint density at radius 3 is 1.81 bits per heavy atom. The van der Waals surface area contributed by atoms with Crippen molar-refractivity contribution in [3.63, 3.8) is 0 Å². The minimum Gasteiger partial charge on any atom is -0.324 e. The molecule has 148 valence electrons. The minimum absolute atomic E-state index is 0.146. The summed E-state index contributed by atoms with van der Waals surface area (Å²) in [5.74, 6) is -0.146. The fraction of sp³-hybridized carbons (Fsp3) is 0.409. The van der Waals surface area contributed by atoms with E-state index < -0.39 is 10.7 Å². The number of hydrazine groups is 1. The van der Waals surface area contributed by atoms with Crippen molar-refractivity contribution in [1.29, 1.82) is 0 Å². The third-order valence-electron chi connectivity index (χ3n) is 4.15. The summed E-state index contributed by atoms with van der Waals surface area (Å²) in [6.07, 6.45) is 0. The van der Waals surface area contributed by atoms with E-state index in [9.17, 15) is 4.79 Å². The van der Waals surface area contributed by atoms with Crippen LogP contribution in [-0.4, -0.2) is 23.0 Å². The topological polar surface area (TPSA) is 32.8 Å². The molecule has 0 aliphatic carbocycles. The molecule has 1 fully saturated rings. The third-order valence-corrected chi connectivity index (χ3v) is 4.43. The zero-order valence-corrected chi connectivity index (χ0v) is 18.3. The van der Waals surface area contributed by atoms with Crippen LogP contribution < -0.4 is 5.01 Å². The lowest BCUT2D eigenvalue weighted by Gasteiger charge is -2.36. The molecule has 3 rings (SSSR count). The lowest BCUT2D eigenvalue weighted by atomic mass is 9.95. The van der Waals surface area contributed by atoms with Crippen molar-refractivity contribution in [2.45, 2.75) is 52.2 Å². The maximum absolute atomic E-state index is 13.2. The molecule has 0 saturated carbocycles. The number of nitrogens with zero attached hydrogens (tertiary/aromatic N) is 2. The molecule has 27 heavy (non-hydrogen) atoms. The van der Waals surface area contributed by atoms with Crippen molar-refractivity contribution >= 4 is 24.2 Å². The highest BCUT2D eigenvalue weighted by atomic mass is 32.1. The van der Waals surface area contributed by atoms with Crippen molar-refractivity contribution < 1.29 is 9.53 Å². The van der Waals surface area contributed by atoms with Crippen molar-refractivity contribution in [3.8, 4) is 0 Å². The van der Waals surface area contributed by atoms with Crippen LogP contribution in [0.15, 0.2) is 60.7 Å². The quantitative estimate of drug-likeness (QED) is 0.708. The summed E-state index contributed by atoms with van der Waals surface area (Å²) in [4.78, 5) is 13.2. The molecule has 1 saturated heterocycles. The average Bonchev–Trinajstić information content (AvgIpc) is 2.90. The molecular formula is C22H32N2O2S. The molecule has 1 aliphatic heterocycles. The standard InChI is InChI=1S/C18H20N2O2S.2C2H6/c1-17(14-10-6-4-7-11-14)16(21)20(18(2,23)22-17)19(3)15-12-8-5-9-13-15;2*1-2/h4-13,23H,1-3H3;2*1-2H3. The molecule has 0 N–H and O–H groups in total. The van der Waals surface area contributed by atoms with Crippen LogP contribution in [-0.2, 0) is 15.1 Å². The first kappa shape index (κ1) is 23.1. The first-order valence-electron chi connectivity index (χ1n) is 9.48. The number of anilines is 1. The average molecular weight is 389 g/mol. The molecule has 2 atom stereocenters. The number of thiol groups is 1. The van der Waals surface area contributed by atoms with Crippen molar-refractivity contribution in [2.75, 3.05) is 12.1 Å². The van der Waals surface area contributed by atoms with E-state index in [1.165, 1.54) is 0 Å². The van der Waals surface area contributed by atoms with E-state index in [2.05, 4.69) is 12.6 Å². The highest BCUT2D eigenvalue weighted by molar-refractivity contribution is 7.81. The van der Waals surface area contributed by atoms with Gasteiger partial charge in [-0.05, 0) is 31.5 Å². The normalized spacial score (nSPS) is 23.7. The largest absolute Gasteiger partial charge is 0.324 e. The van der Waals surface area contributed by atoms with Gasteiger partial charge >= 0.3 is 0 Å². The first-order valence-corrected chi connectivity index (χ1v) is 9.92. The van der Waals surface area contributed by atoms with Crippen LogP contribution in [0.25, 0.3) is 0 Å². The Balaban J connectivity index is 0.000000855. The van der Waals surface area contributed by atoms with Crippen LogP contribution in [0.5, 0.6) is 0 Å². The van der Waals surface area contributed by atoms with Gasteiger partial charge in [0.15, 0.2) is 5.60 Å². The van der Waals surface area contributed by atoms with Crippen LogP contribution in [0.3, 0.4) is 0 Å². The van der Waals surface area contributed by atoms with Gasteiger partial charge in [-0.3, -0.25) is 9.80 Å². The summed E-state index contributed by atoms with van der Waals surface area (Å²) < 4.78 is 6.09. The zero-order valence-electron chi connectivity index (χ0n) is 17.4. The van der Waals surface area contributed by atoms with Gasteiger partial charge in [-0.25, -0.2) is 5.01 Å². The van der Waals surface area contributed by atoms with Crippen molar-refractivity contribution in [3.05, 3.63) is 66.2 Å². The molecule has 2 unspecified atom stereocenters. The number of ether oxygens (including phenoxy) is 1. The Bertz CT molecular complexity index is 707. The van der Waals surface area contributed by atoms with Gasteiger partial charge in [-0.1, -0.05) is 76.2 Å². The number of amides is 1. The van der Waals surface area contributed by atoms with Gasteiger partial charge in [0.1, 0.15) is 0 Å². The summed E-state index contributed by atoms with van der Waals surface area (Å²) >= 11 is 4.60. The maximum Gasteiger partial charge on any atom is 0.281 e. The predicted octanol–water partition coefficient (Wildman–Crippen LogP) is 5.47. The summed E-state index contributed by atoms with van der Waals surface area (Å²) in [6.45, 7) is 11.6. The molecule has 4 nitrogen and oxygen atoms in total. The van der Waals surface area contributed by atoms with Crippen LogP contribution in [0.1, 0.15) is 47.1 Å². The molecule has 0 radical (unpaired) electrons. The molecule has 2 aromatic carbocycles. The van der Waals surface area contributed by atoms with Crippen molar-refractivity contribution in [2.24, 2.45) is 0 Å². The number of rotatable bonds is 3. The zero-order chi connectivity index (χ0) is 20.7. The Kier molecular flexibility index (Phi) is 8.38. The SMILES string of the molecule is CC.CC.CN(c1ccccc1)N1C(=O)C(C)(c2ccccc2)OC1(C)S. The van der Waals surface area contributed by atoms with Crippen LogP contribution in [0.4, 0.5) is 5.69 Å². The van der Waals surface area contributed by atoms with Gasteiger partial charge in [-0.15, -0.1) is 12.6 Å². The highest BCUT2D eigenvalue weighted by Gasteiger charge is 2.57. The molecule has 0 aromatic heterocycles. The number of para-hydroxylation sites is 1. The van der Waals surface area contributed by atoms with Crippen LogP contribution >= 0.6 is 12.6 Å². The Morgan fingerprint density at radius 1 is 0.889 bits per heavy atom. The molecule has 1 amide bonds. The van der Waals surface area contributed by atoms with Gasteiger partial charge in [0.25, 0.3) is 5.91 Å². The molecule has 0 spiro atoms. The Labute approximate surface area is 169 Å². The van der Waals surface area contributed by atoms with Gasteiger partial charge < -0.3 is 4.74 Å². The molecule has 0 bridgehead atoms. The second-order valence-electron chi connectivity index (χ2n) is 5.91. The molecule has 1 aliphatic rings. The maximum atomic E-state index is 13.2. The number of hydrogen-bond donors (Lipinski definition) is 1. The molecule has 2 aromatic rings. The lowest BCUT2D eigenvalue weighted by Crippen LogP contribution is -2.51. The fourth-order valence-electron chi connectivity index (χ4n) is 2.98. The summed E-state index contributed by atoms with van der Waals surface area (Å²) in [7, 11) is 1.84. The summed E-state index contributed by atoms with van der Waals surface area (Å²) in [6, 6.07) is 19.2. The van der Waals surface area contributed by atoms with E-state index in [1.807, 2.05) is 95.4 Å². The van der Waals surface area contributed by atoms with E-state index in [4.69, 9.17) is 4.74 Å². The van der Waals surface area contributed by atoms with Gasteiger partial charge in [0.05, 0.1) is 5.69 Å². The fourth-order valence-corrected chi connectivity index (χ4v) is 3.38. The number of carbonyl (C=O) groups excluding carboxylic acids is 1. The third kappa shape index (κ3) is 4.66. The minimum atomic E-state index is -1.07. The van der Waals surface area contributed by atoms with Gasteiger partial charge in [0, 0.05) is 7.05 Å². The summed E-state index contributed by atoms with van der Waals surface area (Å²) in [5.41, 5.74) is 0.636. The van der Waals surface area contributed by atoms with Crippen LogP contribution in [0.2, 0.25) is 0 Å². The van der Waals surface area contributed by atoms with Crippen molar-refractivity contribution in [1.82, 2.24) is 5.01 Å².